The highest BCUT2D eigenvalue weighted by atomic mass is 16.5. The van der Waals surface area contributed by atoms with Crippen LogP contribution >= 0.6 is 0 Å². The molecule has 0 aromatic heterocycles. The maximum atomic E-state index is 12.0. The first kappa shape index (κ1) is 14.1. The topological polar surface area (TPSA) is 26.3 Å². The first-order chi connectivity index (χ1) is 9.60. The molecule has 0 radical (unpaired) electrons. The van der Waals surface area contributed by atoms with E-state index in [-0.39, 0.29) is 5.78 Å². The molecule has 2 nitrogen and oxygen atoms in total. The average Bonchev–Trinajstić information content (AvgIpc) is 2.45. The van der Waals surface area contributed by atoms with Gasteiger partial charge in [-0.25, -0.2) is 0 Å². The molecule has 0 fully saturated rings. The molecule has 0 bridgehead atoms. The fourth-order valence-electron chi connectivity index (χ4n) is 1.99. The Morgan fingerprint density at radius 3 is 2.35 bits per heavy atom. The fourth-order valence-corrected chi connectivity index (χ4v) is 1.99. The summed E-state index contributed by atoms with van der Waals surface area (Å²) in [6, 6.07) is 13.4. The molecule has 2 aromatic rings. The number of aryl methyl sites for hydroxylation is 2. The third-order valence-electron chi connectivity index (χ3n) is 3.18. The lowest BCUT2D eigenvalue weighted by Gasteiger charge is -2.04. The number of allylic oxidation sites excluding steroid dienone is 1. The number of carbonyl (C=O) groups excluding carboxylic acids is 1. The Kier molecular flexibility index (Phi) is 4.36. The molecule has 0 amide bonds. The quantitative estimate of drug-likeness (QED) is 0.612. The van der Waals surface area contributed by atoms with Gasteiger partial charge >= 0.3 is 0 Å². The summed E-state index contributed by atoms with van der Waals surface area (Å²) in [5.74, 6) is 0.866. The van der Waals surface area contributed by atoms with Crippen LogP contribution in [0, 0.1) is 13.8 Å². The van der Waals surface area contributed by atoms with Crippen LogP contribution in [0.25, 0.3) is 6.08 Å². The van der Waals surface area contributed by atoms with Crippen LogP contribution in [-0.2, 0) is 0 Å². The Morgan fingerprint density at radius 2 is 1.75 bits per heavy atom. The number of hydrogen-bond donors (Lipinski definition) is 0. The van der Waals surface area contributed by atoms with E-state index >= 15 is 0 Å². The second-order valence-electron chi connectivity index (χ2n) is 4.79. The summed E-state index contributed by atoms with van der Waals surface area (Å²) in [7, 11) is 1.65. The summed E-state index contributed by atoms with van der Waals surface area (Å²) in [6.45, 7) is 3.99. The predicted molar refractivity (Wildman–Crippen MR) is 82.3 cm³/mol. The molecule has 2 heteroatoms. The van der Waals surface area contributed by atoms with Crippen molar-refractivity contribution in [1.29, 1.82) is 0 Å². The van der Waals surface area contributed by atoms with E-state index in [1.807, 2.05) is 62.4 Å². The number of rotatable bonds is 4. The van der Waals surface area contributed by atoms with Gasteiger partial charge in [-0.2, -0.15) is 0 Å². The van der Waals surface area contributed by atoms with E-state index in [9.17, 15) is 4.79 Å². The van der Waals surface area contributed by atoms with E-state index in [4.69, 9.17) is 4.74 Å². The molecule has 2 aromatic carbocycles. The summed E-state index contributed by atoms with van der Waals surface area (Å²) in [5, 5.41) is 0. The molecule has 102 valence electrons. The summed E-state index contributed by atoms with van der Waals surface area (Å²) in [5.41, 5.74) is 3.90. The highest BCUT2D eigenvalue weighted by Crippen LogP contribution is 2.19. The normalized spacial score (nSPS) is 10.8. The second kappa shape index (κ2) is 6.20. The molecule has 0 atom stereocenters. The van der Waals surface area contributed by atoms with Crippen LogP contribution < -0.4 is 4.74 Å². The summed E-state index contributed by atoms with van der Waals surface area (Å²) in [6.07, 6.45) is 3.43. The van der Waals surface area contributed by atoms with Crippen molar-refractivity contribution in [1.82, 2.24) is 0 Å². The number of methoxy groups -OCH3 is 1. The smallest absolute Gasteiger partial charge is 0.185 e. The lowest BCUT2D eigenvalue weighted by Crippen LogP contribution is -1.93. The van der Waals surface area contributed by atoms with Gasteiger partial charge in [0.1, 0.15) is 5.75 Å². The van der Waals surface area contributed by atoms with Crippen LogP contribution in [0.5, 0.6) is 5.75 Å². The number of ether oxygens (including phenoxy) is 1. The van der Waals surface area contributed by atoms with E-state index in [2.05, 4.69) is 0 Å². The van der Waals surface area contributed by atoms with E-state index < -0.39 is 0 Å². The standard InChI is InChI=1S/C18H18O2/c1-13-4-8-16(9-5-13)17(19)10-6-15-7-11-18(20-3)14(2)12-15/h4-12H,1-3H3/b10-6+. The molecule has 0 saturated heterocycles. The Hall–Kier alpha value is -2.35. The van der Waals surface area contributed by atoms with Crippen molar-refractivity contribution in [3.8, 4) is 5.75 Å². The minimum Gasteiger partial charge on any atom is -0.496 e. The molecule has 0 N–H and O–H groups in total. The first-order valence-electron chi connectivity index (χ1n) is 6.54. The van der Waals surface area contributed by atoms with Gasteiger partial charge in [0.2, 0.25) is 0 Å². The van der Waals surface area contributed by atoms with Crippen LogP contribution in [0.4, 0.5) is 0 Å². The highest BCUT2D eigenvalue weighted by Gasteiger charge is 2.01. The molecule has 0 aliphatic heterocycles. The molecule has 20 heavy (non-hydrogen) atoms. The van der Waals surface area contributed by atoms with E-state index in [1.54, 1.807) is 13.2 Å². The van der Waals surface area contributed by atoms with Crippen molar-refractivity contribution in [2.75, 3.05) is 7.11 Å². The maximum absolute atomic E-state index is 12.0. The van der Waals surface area contributed by atoms with Crippen molar-refractivity contribution >= 4 is 11.9 Å². The molecular formula is C18H18O2. The average molecular weight is 266 g/mol. The summed E-state index contributed by atoms with van der Waals surface area (Å²) in [4.78, 5) is 12.0. The molecule has 0 heterocycles. The van der Waals surface area contributed by atoms with Crippen LogP contribution in [0.2, 0.25) is 0 Å². The van der Waals surface area contributed by atoms with Gasteiger partial charge in [0.25, 0.3) is 0 Å². The van der Waals surface area contributed by atoms with Gasteiger partial charge in [-0.3, -0.25) is 4.79 Å². The zero-order chi connectivity index (χ0) is 14.5. The third-order valence-corrected chi connectivity index (χ3v) is 3.18. The zero-order valence-electron chi connectivity index (χ0n) is 12.0. The van der Waals surface area contributed by atoms with Crippen molar-refractivity contribution < 1.29 is 9.53 Å². The summed E-state index contributed by atoms with van der Waals surface area (Å²) >= 11 is 0. The first-order valence-corrected chi connectivity index (χ1v) is 6.54. The molecule has 0 saturated carbocycles. The van der Waals surface area contributed by atoms with Gasteiger partial charge in [0.15, 0.2) is 5.78 Å². The van der Waals surface area contributed by atoms with Gasteiger partial charge in [-0.15, -0.1) is 0 Å². The monoisotopic (exact) mass is 266 g/mol. The lowest BCUT2D eigenvalue weighted by atomic mass is 10.1. The Labute approximate surface area is 119 Å². The number of hydrogen-bond acceptors (Lipinski definition) is 2. The number of benzene rings is 2. The van der Waals surface area contributed by atoms with Crippen LogP contribution in [0.1, 0.15) is 27.0 Å². The molecule has 0 spiro atoms. The minimum absolute atomic E-state index is 0.0125. The Morgan fingerprint density at radius 1 is 1.05 bits per heavy atom. The second-order valence-corrected chi connectivity index (χ2v) is 4.79. The highest BCUT2D eigenvalue weighted by molar-refractivity contribution is 6.06. The molecule has 0 aliphatic carbocycles. The number of ketones is 1. The lowest BCUT2D eigenvalue weighted by molar-refractivity contribution is 0.104. The van der Waals surface area contributed by atoms with Gasteiger partial charge in [-0.05, 0) is 43.2 Å². The van der Waals surface area contributed by atoms with Crippen molar-refractivity contribution in [2.45, 2.75) is 13.8 Å². The molecular weight excluding hydrogens is 248 g/mol. The Bertz CT molecular complexity index is 637. The maximum Gasteiger partial charge on any atom is 0.185 e. The third kappa shape index (κ3) is 3.35. The predicted octanol–water partition coefficient (Wildman–Crippen LogP) is 4.21. The van der Waals surface area contributed by atoms with Gasteiger partial charge < -0.3 is 4.74 Å². The van der Waals surface area contributed by atoms with Crippen molar-refractivity contribution in [3.05, 3.63) is 70.8 Å². The van der Waals surface area contributed by atoms with E-state index in [0.717, 1.165) is 22.4 Å². The van der Waals surface area contributed by atoms with Crippen molar-refractivity contribution in [2.24, 2.45) is 0 Å². The van der Waals surface area contributed by atoms with Crippen LogP contribution in [0.15, 0.2) is 48.5 Å². The number of carbonyl (C=O) groups is 1. The molecule has 2 rings (SSSR count). The van der Waals surface area contributed by atoms with Crippen LogP contribution in [0.3, 0.4) is 0 Å². The van der Waals surface area contributed by atoms with Crippen LogP contribution in [-0.4, -0.2) is 12.9 Å². The zero-order valence-corrected chi connectivity index (χ0v) is 12.0. The molecule has 0 unspecified atom stereocenters. The summed E-state index contributed by atoms with van der Waals surface area (Å²) < 4.78 is 5.22. The van der Waals surface area contributed by atoms with Gasteiger partial charge in [0, 0.05) is 5.56 Å². The Balaban J connectivity index is 2.14. The SMILES string of the molecule is COc1ccc(/C=C/C(=O)c2ccc(C)cc2)cc1C. The van der Waals surface area contributed by atoms with Gasteiger partial charge in [0.05, 0.1) is 7.11 Å². The largest absolute Gasteiger partial charge is 0.496 e. The van der Waals surface area contributed by atoms with Gasteiger partial charge in [-0.1, -0.05) is 42.0 Å². The van der Waals surface area contributed by atoms with Crippen molar-refractivity contribution in [3.63, 3.8) is 0 Å². The fraction of sp³-hybridized carbons (Fsp3) is 0.167. The molecule has 0 aliphatic rings. The van der Waals surface area contributed by atoms with E-state index in [0.29, 0.717) is 5.56 Å². The minimum atomic E-state index is 0.0125. The van der Waals surface area contributed by atoms with E-state index in [1.165, 1.54) is 0 Å².